The molecule has 0 fully saturated rings. The molecule has 7 heteroatoms. The van der Waals surface area contributed by atoms with Crippen LogP contribution in [0.4, 0.5) is 10.5 Å². The Hall–Kier alpha value is -2.50. The van der Waals surface area contributed by atoms with Crippen molar-refractivity contribution in [3.63, 3.8) is 0 Å². The highest BCUT2D eigenvalue weighted by Crippen LogP contribution is 2.28. The maximum atomic E-state index is 12.8. The lowest BCUT2D eigenvalue weighted by Gasteiger charge is -2.28. The summed E-state index contributed by atoms with van der Waals surface area (Å²) in [6.07, 6.45) is 3.56. The van der Waals surface area contributed by atoms with Crippen molar-refractivity contribution in [3.05, 3.63) is 82.4 Å². The Kier molecular flexibility index (Phi) is 5.49. The molecule has 2 amide bonds. The number of halogens is 2. The number of amides is 2. The number of nitrogens with zero attached hydrogens (tertiary/aromatic N) is 3. The summed E-state index contributed by atoms with van der Waals surface area (Å²) >= 11 is 11.9. The van der Waals surface area contributed by atoms with Crippen LogP contribution in [0.25, 0.3) is 0 Å². The number of carbonyl (C=O) groups excluding carboxylic acids is 1. The van der Waals surface area contributed by atoms with Gasteiger partial charge in [-0.15, -0.1) is 0 Å². The van der Waals surface area contributed by atoms with Crippen LogP contribution in [0.3, 0.4) is 0 Å². The van der Waals surface area contributed by atoms with Crippen LogP contribution in [0.2, 0.25) is 10.0 Å². The molecule has 0 aliphatic rings. The van der Waals surface area contributed by atoms with E-state index < -0.39 is 0 Å². The highest BCUT2D eigenvalue weighted by atomic mass is 35.5. The van der Waals surface area contributed by atoms with Crippen LogP contribution >= 0.6 is 23.2 Å². The van der Waals surface area contributed by atoms with Gasteiger partial charge >= 0.3 is 6.03 Å². The summed E-state index contributed by atoms with van der Waals surface area (Å²) in [7, 11) is 3.63. The number of urea groups is 1. The molecule has 1 N–H and O–H groups in total. The molecule has 1 heterocycles. The molecule has 0 saturated carbocycles. The fourth-order valence-electron chi connectivity index (χ4n) is 2.69. The first kappa shape index (κ1) is 18.3. The SMILES string of the molecule is CN(C(=O)Nc1ccc(Cl)cc1)C(c1ccc(Cl)cc1)c1nccn1C. The van der Waals surface area contributed by atoms with Crippen molar-refractivity contribution < 1.29 is 4.79 Å². The molecule has 1 unspecified atom stereocenters. The zero-order valence-electron chi connectivity index (χ0n) is 14.4. The van der Waals surface area contributed by atoms with Gasteiger partial charge < -0.3 is 14.8 Å². The summed E-state index contributed by atoms with van der Waals surface area (Å²) < 4.78 is 1.89. The minimum atomic E-state index is -0.362. The van der Waals surface area contributed by atoms with Crippen molar-refractivity contribution in [1.82, 2.24) is 14.5 Å². The smallest absolute Gasteiger partial charge is 0.322 e. The third kappa shape index (κ3) is 4.00. The van der Waals surface area contributed by atoms with Gasteiger partial charge in [0, 0.05) is 42.2 Å². The summed E-state index contributed by atoms with van der Waals surface area (Å²) in [5.41, 5.74) is 1.58. The van der Waals surface area contributed by atoms with E-state index in [9.17, 15) is 4.79 Å². The van der Waals surface area contributed by atoms with Gasteiger partial charge in [-0.3, -0.25) is 0 Å². The molecular weight excluding hydrogens is 371 g/mol. The van der Waals surface area contributed by atoms with E-state index in [2.05, 4.69) is 10.3 Å². The largest absolute Gasteiger partial charge is 0.336 e. The Labute approximate surface area is 162 Å². The first-order valence-electron chi connectivity index (χ1n) is 7.98. The van der Waals surface area contributed by atoms with E-state index in [0.29, 0.717) is 15.7 Å². The maximum Gasteiger partial charge on any atom is 0.322 e. The van der Waals surface area contributed by atoms with E-state index in [1.165, 1.54) is 0 Å². The van der Waals surface area contributed by atoms with Gasteiger partial charge in [0.2, 0.25) is 0 Å². The quantitative estimate of drug-likeness (QED) is 0.684. The van der Waals surface area contributed by atoms with Crippen molar-refractivity contribution in [2.24, 2.45) is 7.05 Å². The van der Waals surface area contributed by atoms with Gasteiger partial charge in [-0.05, 0) is 42.0 Å². The summed E-state index contributed by atoms with van der Waals surface area (Å²) in [5, 5.41) is 4.13. The molecule has 1 atom stereocenters. The Bertz CT molecular complexity index is 891. The normalized spacial score (nSPS) is 11.8. The number of anilines is 1. The van der Waals surface area contributed by atoms with Crippen molar-refractivity contribution in [2.45, 2.75) is 6.04 Å². The first-order chi connectivity index (χ1) is 12.5. The Balaban J connectivity index is 1.90. The van der Waals surface area contributed by atoms with Crippen LogP contribution in [0.1, 0.15) is 17.4 Å². The molecule has 5 nitrogen and oxygen atoms in total. The number of hydrogen-bond acceptors (Lipinski definition) is 2. The molecule has 0 aliphatic carbocycles. The van der Waals surface area contributed by atoms with Gasteiger partial charge in [0.25, 0.3) is 0 Å². The van der Waals surface area contributed by atoms with Crippen LogP contribution in [0.15, 0.2) is 60.9 Å². The van der Waals surface area contributed by atoms with Gasteiger partial charge in [0.1, 0.15) is 11.9 Å². The molecule has 3 aromatic rings. The lowest BCUT2D eigenvalue weighted by molar-refractivity contribution is 0.209. The van der Waals surface area contributed by atoms with E-state index in [0.717, 1.165) is 11.4 Å². The van der Waals surface area contributed by atoms with Gasteiger partial charge in [0.15, 0.2) is 0 Å². The van der Waals surface area contributed by atoms with Crippen LogP contribution in [0, 0.1) is 0 Å². The molecule has 2 aromatic carbocycles. The summed E-state index contributed by atoms with van der Waals surface area (Å²) in [6, 6.07) is 13.8. The fraction of sp³-hybridized carbons (Fsp3) is 0.158. The Morgan fingerprint density at radius 1 is 1.08 bits per heavy atom. The Morgan fingerprint density at radius 2 is 1.65 bits per heavy atom. The van der Waals surface area contributed by atoms with E-state index in [1.807, 2.05) is 29.9 Å². The zero-order valence-corrected chi connectivity index (χ0v) is 15.9. The Morgan fingerprint density at radius 3 is 2.19 bits per heavy atom. The van der Waals surface area contributed by atoms with Gasteiger partial charge in [0.05, 0.1) is 0 Å². The average Bonchev–Trinajstić information content (AvgIpc) is 3.04. The third-order valence-corrected chi connectivity index (χ3v) is 4.60. The maximum absolute atomic E-state index is 12.8. The minimum Gasteiger partial charge on any atom is -0.336 e. The average molecular weight is 389 g/mol. The molecule has 0 saturated heterocycles. The number of nitrogens with one attached hydrogen (secondary N) is 1. The monoisotopic (exact) mass is 388 g/mol. The molecule has 134 valence electrons. The lowest BCUT2D eigenvalue weighted by Crippen LogP contribution is -2.36. The number of hydrogen-bond donors (Lipinski definition) is 1. The van der Waals surface area contributed by atoms with Crippen LogP contribution < -0.4 is 5.32 Å². The topological polar surface area (TPSA) is 50.2 Å². The highest BCUT2D eigenvalue weighted by molar-refractivity contribution is 6.30. The van der Waals surface area contributed by atoms with E-state index >= 15 is 0 Å². The van der Waals surface area contributed by atoms with E-state index in [4.69, 9.17) is 23.2 Å². The van der Waals surface area contributed by atoms with Crippen LogP contribution in [-0.4, -0.2) is 27.5 Å². The fourth-order valence-corrected chi connectivity index (χ4v) is 2.95. The third-order valence-electron chi connectivity index (χ3n) is 4.09. The van der Waals surface area contributed by atoms with Gasteiger partial charge in [-0.2, -0.15) is 0 Å². The minimum absolute atomic E-state index is 0.254. The molecule has 1 aromatic heterocycles. The lowest BCUT2D eigenvalue weighted by atomic mass is 10.1. The zero-order chi connectivity index (χ0) is 18.7. The summed E-state index contributed by atoms with van der Waals surface area (Å²) in [6.45, 7) is 0. The molecular formula is C19H18Cl2N4O. The van der Waals surface area contributed by atoms with E-state index in [-0.39, 0.29) is 12.1 Å². The second-order valence-electron chi connectivity index (χ2n) is 5.90. The highest BCUT2D eigenvalue weighted by Gasteiger charge is 2.26. The van der Waals surface area contributed by atoms with Crippen LogP contribution in [-0.2, 0) is 7.05 Å². The second-order valence-corrected chi connectivity index (χ2v) is 6.77. The van der Waals surface area contributed by atoms with Crippen molar-refractivity contribution in [1.29, 1.82) is 0 Å². The molecule has 26 heavy (non-hydrogen) atoms. The second kappa shape index (κ2) is 7.81. The van der Waals surface area contributed by atoms with Crippen molar-refractivity contribution in [3.8, 4) is 0 Å². The number of benzene rings is 2. The number of aromatic nitrogens is 2. The predicted molar refractivity (Wildman–Crippen MR) is 105 cm³/mol. The van der Waals surface area contributed by atoms with Crippen molar-refractivity contribution in [2.75, 3.05) is 12.4 Å². The molecule has 0 radical (unpaired) electrons. The number of aryl methyl sites for hydroxylation is 1. The van der Waals surface area contributed by atoms with Crippen LogP contribution in [0.5, 0.6) is 0 Å². The summed E-state index contributed by atoms with van der Waals surface area (Å²) in [4.78, 5) is 18.8. The molecule has 3 rings (SSSR count). The van der Waals surface area contributed by atoms with Crippen molar-refractivity contribution >= 4 is 34.9 Å². The molecule has 0 aliphatic heterocycles. The first-order valence-corrected chi connectivity index (χ1v) is 8.73. The predicted octanol–water partition coefficient (Wildman–Crippen LogP) is 4.98. The van der Waals surface area contributed by atoms with Gasteiger partial charge in [-0.1, -0.05) is 35.3 Å². The molecule has 0 spiro atoms. The number of rotatable bonds is 4. The number of imidazole rings is 1. The van der Waals surface area contributed by atoms with E-state index in [1.54, 1.807) is 54.5 Å². The number of carbonyl (C=O) groups is 1. The van der Waals surface area contributed by atoms with Gasteiger partial charge in [-0.25, -0.2) is 9.78 Å². The summed E-state index contributed by atoms with van der Waals surface area (Å²) in [5.74, 6) is 0.751. The standard InChI is InChI=1S/C19H18Cl2N4O/c1-24-12-11-22-18(24)17(13-3-5-14(20)6-4-13)25(2)19(26)23-16-9-7-15(21)8-10-16/h3-12,17H,1-2H3,(H,23,26). The molecule has 0 bridgehead atoms.